The first kappa shape index (κ1) is 21.1. The van der Waals surface area contributed by atoms with E-state index in [1.54, 1.807) is 12.1 Å². The molecule has 4 N–H and O–H groups in total. The Balaban J connectivity index is 1.70. The van der Waals surface area contributed by atoms with Crippen LogP contribution in [0.2, 0.25) is 5.02 Å². The summed E-state index contributed by atoms with van der Waals surface area (Å²) in [5, 5.41) is 7.00. The van der Waals surface area contributed by atoms with Gasteiger partial charge in [0.1, 0.15) is 0 Å². The lowest BCUT2D eigenvalue weighted by molar-refractivity contribution is -0.110. The number of hydrogen-bond donors (Lipinski definition) is 3. The molecule has 0 radical (unpaired) electrons. The summed E-state index contributed by atoms with van der Waals surface area (Å²) in [5.74, 6) is -0.149. The molecular weight excluding hydrogens is 408 g/mol. The van der Waals surface area contributed by atoms with Crippen LogP contribution >= 0.6 is 11.6 Å². The molecule has 6 heteroatoms. The van der Waals surface area contributed by atoms with Gasteiger partial charge in [-0.1, -0.05) is 60.1 Å². The highest BCUT2D eigenvalue weighted by atomic mass is 35.5. The molecule has 0 spiro atoms. The average molecular weight is 433 g/mol. The van der Waals surface area contributed by atoms with Gasteiger partial charge in [0.25, 0.3) is 5.91 Å². The van der Waals surface area contributed by atoms with Crippen LogP contribution in [0.4, 0.5) is 11.4 Å². The van der Waals surface area contributed by atoms with Crippen molar-refractivity contribution in [2.24, 2.45) is 5.73 Å². The van der Waals surface area contributed by atoms with Gasteiger partial charge in [0.15, 0.2) is 0 Å². The number of amides is 1. The standard InChI is InChI=1S/C25H25ClN4O/c1-30(14-13-27)16-17-7-10-20(11-8-17)28-24(18-5-3-2-4-6-18)23-21-12-9-19(26)15-22(21)29-25(23)31/h2-12,15,28H,13-14,16,27H2,1H3,(H,29,31)/b24-23-. The van der Waals surface area contributed by atoms with Crippen LogP contribution in [0.25, 0.3) is 11.3 Å². The lowest BCUT2D eigenvalue weighted by Gasteiger charge is -2.17. The van der Waals surface area contributed by atoms with E-state index < -0.39 is 0 Å². The van der Waals surface area contributed by atoms with Gasteiger partial charge in [-0.15, -0.1) is 0 Å². The lowest BCUT2D eigenvalue weighted by Crippen LogP contribution is -2.24. The summed E-state index contributed by atoms with van der Waals surface area (Å²) < 4.78 is 0. The average Bonchev–Trinajstić information content (AvgIpc) is 3.08. The maximum absolute atomic E-state index is 12.9. The SMILES string of the molecule is CN(CCN)Cc1ccc(N/C(=C2\C(=O)Nc3cc(Cl)ccc32)c2ccccc2)cc1. The maximum atomic E-state index is 12.9. The van der Waals surface area contributed by atoms with Crippen molar-refractivity contribution in [1.82, 2.24) is 4.90 Å². The lowest BCUT2D eigenvalue weighted by atomic mass is 10.00. The summed E-state index contributed by atoms with van der Waals surface area (Å²) >= 11 is 6.12. The summed E-state index contributed by atoms with van der Waals surface area (Å²) in [6.45, 7) is 2.32. The number of hydrogen-bond acceptors (Lipinski definition) is 4. The molecule has 31 heavy (non-hydrogen) atoms. The molecule has 0 bridgehead atoms. The minimum absolute atomic E-state index is 0.149. The van der Waals surface area contributed by atoms with E-state index >= 15 is 0 Å². The molecule has 1 heterocycles. The molecule has 0 aromatic heterocycles. The molecule has 3 aromatic carbocycles. The van der Waals surface area contributed by atoms with E-state index in [4.69, 9.17) is 17.3 Å². The highest BCUT2D eigenvalue weighted by Gasteiger charge is 2.28. The Labute approximate surface area is 187 Å². The summed E-state index contributed by atoms with van der Waals surface area (Å²) in [6.07, 6.45) is 0. The van der Waals surface area contributed by atoms with E-state index in [-0.39, 0.29) is 5.91 Å². The van der Waals surface area contributed by atoms with Gasteiger partial charge in [0, 0.05) is 35.9 Å². The minimum atomic E-state index is -0.149. The second-order valence-corrected chi connectivity index (χ2v) is 8.04. The largest absolute Gasteiger partial charge is 0.354 e. The molecule has 0 unspecified atom stereocenters. The normalized spacial score (nSPS) is 14.4. The van der Waals surface area contributed by atoms with Gasteiger partial charge >= 0.3 is 0 Å². The predicted octanol–water partition coefficient (Wildman–Crippen LogP) is 4.66. The maximum Gasteiger partial charge on any atom is 0.258 e. The van der Waals surface area contributed by atoms with Crippen molar-refractivity contribution >= 4 is 40.2 Å². The number of benzene rings is 3. The van der Waals surface area contributed by atoms with Crippen molar-refractivity contribution in [3.63, 3.8) is 0 Å². The molecule has 0 fully saturated rings. The second-order valence-electron chi connectivity index (χ2n) is 7.61. The van der Waals surface area contributed by atoms with Crippen LogP contribution in [0.15, 0.2) is 72.8 Å². The molecule has 0 saturated carbocycles. The summed E-state index contributed by atoms with van der Waals surface area (Å²) in [4.78, 5) is 15.1. The van der Waals surface area contributed by atoms with Crippen LogP contribution in [0, 0.1) is 0 Å². The van der Waals surface area contributed by atoms with Gasteiger partial charge in [0.2, 0.25) is 0 Å². The molecule has 3 aromatic rings. The van der Waals surface area contributed by atoms with Crippen LogP contribution in [0.3, 0.4) is 0 Å². The van der Waals surface area contributed by atoms with E-state index in [1.807, 2.05) is 48.5 Å². The summed E-state index contributed by atoms with van der Waals surface area (Å²) in [7, 11) is 2.05. The second kappa shape index (κ2) is 9.35. The Morgan fingerprint density at radius 3 is 2.52 bits per heavy atom. The number of nitrogens with zero attached hydrogens (tertiary/aromatic N) is 1. The van der Waals surface area contributed by atoms with E-state index in [9.17, 15) is 4.79 Å². The molecule has 4 rings (SSSR count). The molecule has 1 amide bonds. The predicted molar refractivity (Wildman–Crippen MR) is 129 cm³/mol. The van der Waals surface area contributed by atoms with Gasteiger partial charge in [-0.25, -0.2) is 0 Å². The summed E-state index contributed by atoms with van der Waals surface area (Å²) in [5.41, 5.74) is 11.6. The fourth-order valence-electron chi connectivity index (χ4n) is 3.73. The van der Waals surface area contributed by atoms with Crippen molar-refractivity contribution in [3.8, 4) is 0 Å². The van der Waals surface area contributed by atoms with E-state index in [0.29, 0.717) is 17.1 Å². The highest BCUT2D eigenvalue weighted by molar-refractivity contribution is 6.38. The molecule has 158 valence electrons. The van der Waals surface area contributed by atoms with Crippen LogP contribution in [0.5, 0.6) is 0 Å². The Hall–Kier alpha value is -3.12. The smallest absolute Gasteiger partial charge is 0.258 e. The first-order valence-electron chi connectivity index (χ1n) is 10.2. The number of rotatable bonds is 7. The number of likely N-dealkylation sites (N-methyl/N-ethyl adjacent to an activating group) is 1. The van der Waals surface area contributed by atoms with Crippen molar-refractivity contribution in [2.75, 3.05) is 30.8 Å². The highest BCUT2D eigenvalue weighted by Crippen LogP contribution is 2.38. The topological polar surface area (TPSA) is 70.4 Å². The monoisotopic (exact) mass is 432 g/mol. The Kier molecular flexibility index (Phi) is 6.37. The molecule has 1 aliphatic rings. The van der Waals surface area contributed by atoms with Crippen molar-refractivity contribution < 1.29 is 4.79 Å². The Morgan fingerprint density at radius 2 is 1.81 bits per heavy atom. The number of anilines is 2. The van der Waals surface area contributed by atoms with Gasteiger partial charge in [-0.2, -0.15) is 0 Å². The quantitative estimate of drug-likeness (QED) is 0.475. The fraction of sp³-hybridized carbons (Fsp3) is 0.160. The first-order chi connectivity index (χ1) is 15.0. The molecule has 5 nitrogen and oxygen atoms in total. The third kappa shape index (κ3) is 4.80. The van der Waals surface area contributed by atoms with Crippen LogP contribution in [-0.2, 0) is 11.3 Å². The summed E-state index contributed by atoms with van der Waals surface area (Å²) in [6, 6.07) is 23.6. The number of nitrogens with one attached hydrogen (secondary N) is 2. The molecular formula is C25H25ClN4O. The van der Waals surface area contributed by atoms with Crippen molar-refractivity contribution in [2.45, 2.75) is 6.54 Å². The third-order valence-electron chi connectivity index (χ3n) is 5.23. The van der Waals surface area contributed by atoms with Crippen LogP contribution in [-0.4, -0.2) is 30.9 Å². The van der Waals surface area contributed by atoms with Crippen molar-refractivity contribution in [3.05, 3.63) is 94.5 Å². The number of nitrogens with two attached hydrogens (primary N) is 1. The minimum Gasteiger partial charge on any atom is -0.354 e. The zero-order valence-corrected chi connectivity index (χ0v) is 18.1. The molecule has 0 aliphatic carbocycles. The van der Waals surface area contributed by atoms with E-state index in [2.05, 4.69) is 34.7 Å². The van der Waals surface area contributed by atoms with Crippen molar-refractivity contribution in [1.29, 1.82) is 0 Å². The number of halogens is 1. The molecule has 0 saturated heterocycles. The first-order valence-corrected chi connectivity index (χ1v) is 10.6. The number of carbonyl (C=O) groups is 1. The Bertz CT molecular complexity index is 1110. The van der Waals surface area contributed by atoms with Gasteiger partial charge in [0.05, 0.1) is 17.0 Å². The van der Waals surface area contributed by atoms with Crippen LogP contribution < -0.4 is 16.4 Å². The number of carbonyl (C=O) groups excluding carboxylic acids is 1. The van der Waals surface area contributed by atoms with E-state index in [0.717, 1.165) is 41.3 Å². The van der Waals surface area contributed by atoms with Crippen LogP contribution in [0.1, 0.15) is 16.7 Å². The van der Waals surface area contributed by atoms with Gasteiger partial charge < -0.3 is 21.3 Å². The molecule has 0 atom stereocenters. The fourth-order valence-corrected chi connectivity index (χ4v) is 3.90. The number of fused-ring (bicyclic) bond motifs is 1. The van der Waals surface area contributed by atoms with Gasteiger partial charge in [-0.05, 0) is 42.4 Å². The third-order valence-corrected chi connectivity index (χ3v) is 5.46. The van der Waals surface area contributed by atoms with E-state index in [1.165, 1.54) is 5.56 Å². The molecule has 1 aliphatic heterocycles. The zero-order valence-electron chi connectivity index (χ0n) is 17.4. The Morgan fingerprint density at radius 1 is 1.06 bits per heavy atom. The zero-order chi connectivity index (χ0) is 21.8. The van der Waals surface area contributed by atoms with Gasteiger partial charge in [-0.3, -0.25) is 4.79 Å².